The van der Waals surface area contributed by atoms with Crippen LogP contribution in [0.1, 0.15) is 19.8 Å². The van der Waals surface area contributed by atoms with Crippen LogP contribution in [0.25, 0.3) is 0 Å². The molecule has 24 heavy (non-hydrogen) atoms. The van der Waals surface area contributed by atoms with Crippen molar-refractivity contribution in [3.8, 4) is 23.0 Å². The number of hydrogen-bond donors (Lipinski definition) is 0. The van der Waals surface area contributed by atoms with Crippen molar-refractivity contribution in [3.05, 3.63) is 43.5 Å². The third-order valence-corrected chi connectivity index (χ3v) is 6.52. The molecule has 0 aliphatic heterocycles. The second-order valence-electron chi connectivity index (χ2n) is 5.07. The van der Waals surface area contributed by atoms with Crippen molar-refractivity contribution >= 4 is 0 Å². The first-order valence-electron chi connectivity index (χ1n) is 7.90. The van der Waals surface area contributed by atoms with Gasteiger partial charge in [0.15, 0.2) is 0 Å². The van der Waals surface area contributed by atoms with Crippen molar-refractivity contribution < 1.29 is 40.2 Å². The maximum atomic E-state index is 5.96. The van der Waals surface area contributed by atoms with Crippen molar-refractivity contribution in [2.45, 2.75) is 19.8 Å². The van der Waals surface area contributed by atoms with Gasteiger partial charge in [0.05, 0.1) is 0 Å². The van der Waals surface area contributed by atoms with E-state index in [1.807, 2.05) is 30.3 Å². The van der Waals surface area contributed by atoms with Gasteiger partial charge >= 0.3 is 154 Å². The molecule has 0 heterocycles. The molecular formula is C19H24IO4-. The zero-order valence-corrected chi connectivity index (χ0v) is 16.8. The van der Waals surface area contributed by atoms with Crippen LogP contribution >= 0.6 is 0 Å². The van der Waals surface area contributed by atoms with E-state index in [1.54, 1.807) is 21.3 Å². The molecule has 0 aliphatic carbocycles. The summed E-state index contributed by atoms with van der Waals surface area (Å²) in [5.74, 6) is 3.27. The van der Waals surface area contributed by atoms with E-state index in [-0.39, 0.29) is 0 Å². The number of hydrogen-bond acceptors (Lipinski definition) is 4. The Kier molecular flexibility index (Phi) is 7.49. The molecule has 0 aliphatic rings. The molecule has 0 spiro atoms. The van der Waals surface area contributed by atoms with E-state index < -0.39 is 21.2 Å². The molecule has 0 fully saturated rings. The van der Waals surface area contributed by atoms with E-state index in [2.05, 4.69) is 13.0 Å². The van der Waals surface area contributed by atoms with Gasteiger partial charge in [0.1, 0.15) is 0 Å². The van der Waals surface area contributed by atoms with Crippen molar-refractivity contribution in [1.29, 1.82) is 0 Å². The molecule has 0 radical (unpaired) electrons. The molecule has 4 nitrogen and oxygen atoms in total. The average molecular weight is 443 g/mol. The summed E-state index contributed by atoms with van der Waals surface area (Å²) in [7, 11) is 4.98. The van der Waals surface area contributed by atoms with Crippen LogP contribution in [-0.2, 0) is 0 Å². The summed E-state index contributed by atoms with van der Waals surface area (Å²) < 4.78 is 24.7. The molecular weight excluding hydrogens is 419 g/mol. The van der Waals surface area contributed by atoms with E-state index in [0.717, 1.165) is 46.0 Å². The van der Waals surface area contributed by atoms with Crippen LogP contribution in [0.5, 0.6) is 23.0 Å². The minimum atomic E-state index is -0.520. The van der Waals surface area contributed by atoms with Crippen molar-refractivity contribution in [2.75, 3.05) is 27.9 Å². The van der Waals surface area contributed by atoms with Gasteiger partial charge in [-0.25, -0.2) is 0 Å². The molecule has 5 heteroatoms. The van der Waals surface area contributed by atoms with Gasteiger partial charge in [-0.2, -0.15) is 0 Å². The zero-order valence-electron chi connectivity index (χ0n) is 14.6. The molecule has 0 amide bonds. The minimum absolute atomic E-state index is 0.520. The molecule has 0 aromatic heterocycles. The Bertz CT molecular complexity index is 633. The maximum absolute atomic E-state index is 5.96. The van der Waals surface area contributed by atoms with Crippen LogP contribution in [0.2, 0.25) is 0 Å². The topological polar surface area (TPSA) is 36.9 Å². The molecule has 0 atom stereocenters. The average Bonchev–Trinajstić information content (AvgIpc) is 2.63. The van der Waals surface area contributed by atoms with Gasteiger partial charge in [-0.05, 0) is 0 Å². The molecule has 0 N–H and O–H groups in total. The Morgan fingerprint density at radius 1 is 0.875 bits per heavy atom. The fraction of sp³-hybridized carbons (Fsp3) is 0.368. The molecule has 2 rings (SSSR count). The van der Waals surface area contributed by atoms with Crippen molar-refractivity contribution in [1.82, 2.24) is 0 Å². The summed E-state index contributed by atoms with van der Waals surface area (Å²) in [4.78, 5) is 0. The fourth-order valence-corrected chi connectivity index (χ4v) is 4.98. The van der Waals surface area contributed by atoms with Crippen molar-refractivity contribution in [3.63, 3.8) is 0 Å². The summed E-state index contributed by atoms with van der Waals surface area (Å²) in [6.07, 6.45) is 2.18. The first kappa shape index (κ1) is 18.7. The van der Waals surface area contributed by atoms with E-state index in [1.165, 1.54) is 3.57 Å². The fourth-order valence-electron chi connectivity index (χ4n) is 2.12. The van der Waals surface area contributed by atoms with Crippen LogP contribution in [0.15, 0.2) is 36.4 Å². The third kappa shape index (κ3) is 4.69. The summed E-state index contributed by atoms with van der Waals surface area (Å²) >= 11 is -0.520. The monoisotopic (exact) mass is 443 g/mol. The number of rotatable bonds is 9. The first-order valence-corrected chi connectivity index (χ1v) is 10.1. The van der Waals surface area contributed by atoms with Crippen LogP contribution in [0.4, 0.5) is 0 Å². The summed E-state index contributed by atoms with van der Waals surface area (Å²) in [6.45, 7) is 2.91. The normalized spacial score (nSPS) is 10.5. The third-order valence-electron chi connectivity index (χ3n) is 3.44. The molecule has 132 valence electrons. The Morgan fingerprint density at radius 3 is 2.12 bits per heavy atom. The van der Waals surface area contributed by atoms with Gasteiger partial charge in [-0.15, -0.1) is 0 Å². The molecule has 0 saturated heterocycles. The number of halogens is 1. The summed E-state index contributed by atoms with van der Waals surface area (Å²) in [5, 5.41) is 0. The first-order chi connectivity index (χ1) is 11.7. The predicted molar refractivity (Wildman–Crippen MR) is 90.3 cm³/mol. The Morgan fingerprint density at radius 2 is 1.54 bits per heavy atom. The molecule has 0 bridgehead atoms. The number of benzene rings is 2. The van der Waals surface area contributed by atoms with Crippen LogP contribution in [0.3, 0.4) is 0 Å². The van der Waals surface area contributed by atoms with Crippen molar-refractivity contribution in [2.24, 2.45) is 0 Å². The van der Waals surface area contributed by atoms with Gasteiger partial charge in [-0.1, -0.05) is 0 Å². The molecule has 2 aromatic rings. The SMILES string of the molecule is CCCCOc1ccccc1[I-]c1c(OC)cc(OC)cc1OC. The number of unbranched alkanes of at least 4 members (excludes halogenated alkanes) is 1. The van der Waals surface area contributed by atoms with Crippen LogP contribution in [-0.4, -0.2) is 27.9 Å². The number of methoxy groups -OCH3 is 3. The quantitative estimate of drug-likeness (QED) is 0.429. The van der Waals surface area contributed by atoms with Gasteiger partial charge < -0.3 is 0 Å². The second kappa shape index (κ2) is 9.61. The zero-order chi connectivity index (χ0) is 17.4. The van der Waals surface area contributed by atoms with E-state index in [9.17, 15) is 0 Å². The van der Waals surface area contributed by atoms with E-state index in [0.29, 0.717) is 0 Å². The second-order valence-corrected chi connectivity index (χ2v) is 7.85. The van der Waals surface area contributed by atoms with E-state index >= 15 is 0 Å². The summed E-state index contributed by atoms with van der Waals surface area (Å²) in [6, 6.07) is 12.0. The molecule has 2 aromatic carbocycles. The predicted octanol–water partition coefficient (Wildman–Crippen LogP) is 1.02. The van der Waals surface area contributed by atoms with Gasteiger partial charge in [0.25, 0.3) is 0 Å². The van der Waals surface area contributed by atoms with Crippen LogP contribution < -0.4 is 40.2 Å². The standard InChI is InChI=1S/C19H24IO4/c1-5-6-11-24-16-10-8-7-9-15(16)20-19-17(22-3)12-14(21-2)13-18(19)23-4/h7-10,12-13H,5-6,11H2,1-4H3/q-1. The summed E-state index contributed by atoms with van der Waals surface area (Å²) in [5.41, 5.74) is 0. The Balaban J connectivity index is 2.34. The van der Waals surface area contributed by atoms with E-state index in [4.69, 9.17) is 18.9 Å². The molecule has 0 saturated carbocycles. The Hall–Kier alpha value is -1.63. The number of ether oxygens (including phenoxy) is 4. The van der Waals surface area contributed by atoms with Gasteiger partial charge in [0.2, 0.25) is 0 Å². The Labute approximate surface area is 154 Å². The number of para-hydroxylation sites is 1. The molecule has 0 unspecified atom stereocenters. The van der Waals surface area contributed by atoms with Gasteiger partial charge in [-0.3, -0.25) is 0 Å². The van der Waals surface area contributed by atoms with Crippen LogP contribution in [0, 0.1) is 7.14 Å². The van der Waals surface area contributed by atoms with Gasteiger partial charge in [0, 0.05) is 0 Å².